The first kappa shape index (κ1) is 14.8. The van der Waals surface area contributed by atoms with Gasteiger partial charge in [0.25, 0.3) is 0 Å². The molecule has 0 aliphatic heterocycles. The van der Waals surface area contributed by atoms with E-state index < -0.39 is 0 Å². The molecule has 0 aromatic carbocycles. The van der Waals surface area contributed by atoms with Crippen molar-refractivity contribution in [1.29, 1.82) is 0 Å². The lowest BCUT2D eigenvalue weighted by atomic mass is 10.0. The molecule has 0 unspecified atom stereocenters. The Labute approximate surface area is 99.3 Å². The van der Waals surface area contributed by atoms with Gasteiger partial charge in [-0.25, -0.2) is 0 Å². The summed E-state index contributed by atoms with van der Waals surface area (Å²) in [4.78, 5) is 0. The molecule has 0 saturated carbocycles. The molecule has 92 valence electrons. The highest BCUT2D eigenvalue weighted by atomic mass is 16.5. The summed E-state index contributed by atoms with van der Waals surface area (Å²) in [6.45, 7) is 9.45. The molecule has 0 aromatic rings. The van der Waals surface area contributed by atoms with Crippen LogP contribution in [0.3, 0.4) is 0 Å². The minimum Gasteiger partial charge on any atom is -0.509 e. The molecule has 0 atom stereocenters. The fraction of sp³-hybridized carbons (Fsp3) is 0.571. The zero-order chi connectivity index (χ0) is 12.4. The van der Waals surface area contributed by atoms with E-state index >= 15 is 0 Å². The quantitative estimate of drug-likeness (QED) is 0.355. The number of rotatable bonds is 9. The van der Waals surface area contributed by atoms with Crippen LogP contribution in [0.5, 0.6) is 0 Å². The van der Waals surface area contributed by atoms with Crippen LogP contribution in [0.15, 0.2) is 36.3 Å². The van der Waals surface area contributed by atoms with Crippen molar-refractivity contribution in [2.75, 3.05) is 7.11 Å². The van der Waals surface area contributed by atoms with Crippen molar-refractivity contribution in [2.45, 2.75) is 45.4 Å². The van der Waals surface area contributed by atoms with E-state index in [-0.39, 0.29) is 5.76 Å². The van der Waals surface area contributed by atoms with Gasteiger partial charge in [0.1, 0.15) is 11.5 Å². The minimum atomic E-state index is 0.0572. The third-order valence-corrected chi connectivity index (χ3v) is 2.50. The van der Waals surface area contributed by atoms with Crippen molar-refractivity contribution in [3.05, 3.63) is 36.3 Å². The molecule has 0 spiro atoms. The predicted octanol–water partition coefficient (Wildman–Crippen LogP) is 4.51. The molecule has 0 amide bonds. The van der Waals surface area contributed by atoms with Crippen LogP contribution in [0.1, 0.15) is 45.4 Å². The summed E-state index contributed by atoms with van der Waals surface area (Å²) in [5, 5.41) is 9.14. The molecule has 0 fully saturated rings. The Balaban J connectivity index is 4.04. The van der Waals surface area contributed by atoms with Gasteiger partial charge in [0.15, 0.2) is 0 Å². The molecule has 16 heavy (non-hydrogen) atoms. The lowest BCUT2D eigenvalue weighted by Gasteiger charge is -2.09. The van der Waals surface area contributed by atoms with Gasteiger partial charge in [-0.2, -0.15) is 0 Å². The van der Waals surface area contributed by atoms with Crippen LogP contribution < -0.4 is 0 Å². The number of allylic oxidation sites excluding steroid dienone is 2. The maximum absolute atomic E-state index is 9.14. The third kappa shape index (κ3) is 7.16. The second kappa shape index (κ2) is 9.08. The largest absolute Gasteiger partial charge is 0.509 e. The van der Waals surface area contributed by atoms with Crippen molar-refractivity contribution >= 4 is 0 Å². The van der Waals surface area contributed by atoms with Gasteiger partial charge < -0.3 is 9.84 Å². The molecular weight excluding hydrogens is 200 g/mol. The second-order valence-corrected chi connectivity index (χ2v) is 3.95. The number of aliphatic hydroxyl groups is 1. The Morgan fingerprint density at radius 1 is 1.19 bits per heavy atom. The van der Waals surface area contributed by atoms with E-state index in [2.05, 4.69) is 20.1 Å². The van der Waals surface area contributed by atoms with Crippen LogP contribution in [0.2, 0.25) is 0 Å². The zero-order valence-electron chi connectivity index (χ0n) is 10.6. The van der Waals surface area contributed by atoms with Crippen molar-refractivity contribution in [1.82, 2.24) is 0 Å². The van der Waals surface area contributed by atoms with Gasteiger partial charge in [0.2, 0.25) is 0 Å². The molecule has 0 heterocycles. The fourth-order valence-corrected chi connectivity index (χ4v) is 1.54. The summed E-state index contributed by atoms with van der Waals surface area (Å²) in [6.07, 6.45) is 8.63. The molecule has 0 aliphatic rings. The summed E-state index contributed by atoms with van der Waals surface area (Å²) >= 11 is 0. The summed E-state index contributed by atoms with van der Waals surface area (Å²) < 4.78 is 5.08. The number of aliphatic hydroxyl groups excluding tert-OH is 1. The minimum absolute atomic E-state index is 0.0572. The van der Waals surface area contributed by atoms with E-state index in [1.165, 1.54) is 25.7 Å². The summed E-state index contributed by atoms with van der Waals surface area (Å²) in [5.41, 5.74) is 0.937. The summed E-state index contributed by atoms with van der Waals surface area (Å²) in [7, 11) is 1.59. The highest BCUT2D eigenvalue weighted by Gasteiger charge is 2.03. The highest BCUT2D eigenvalue weighted by molar-refractivity contribution is 5.28. The molecule has 0 bridgehead atoms. The number of unbranched alkanes of at least 4 members (excludes halogenated alkanes) is 4. The van der Waals surface area contributed by atoms with Crippen LogP contribution in [0, 0.1) is 0 Å². The Morgan fingerprint density at radius 3 is 2.31 bits per heavy atom. The average Bonchev–Trinajstić information content (AvgIpc) is 2.25. The standard InChI is InChI=1S/C14H24O2/c1-5-6-7-8-9-10-14(11-12(2)15)13(3)16-4/h11,15H,2-3,5-10H2,1,4H3/b14-11-. The monoisotopic (exact) mass is 224 g/mol. The van der Waals surface area contributed by atoms with Crippen LogP contribution in [0.25, 0.3) is 0 Å². The normalized spacial score (nSPS) is 11.2. The highest BCUT2D eigenvalue weighted by Crippen LogP contribution is 2.18. The average molecular weight is 224 g/mol. The molecule has 1 N–H and O–H groups in total. The van der Waals surface area contributed by atoms with Gasteiger partial charge >= 0.3 is 0 Å². The van der Waals surface area contributed by atoms with Gasteiger partial charge in [0.05, 0.1) is 7.11 Å². The van der Waals surface area contributed by atoms with E-state index in [4.69, 9.17) is 9.84 Å². The SMILES string of the molecule is C=C(O)/C=C(/CCCCCCC)C(=C)OC. The molecule has 0 aromatic heterocycles. The van der Waals surface area contributed by atoms with Crippen LogP contribution in [-0.2, 0) is 4.74 Å². The van der Waals surface area contributed by atoms with Crippen LogP contribution in [-0.4, -0.2) is 12.2 Å². The molecule has 2 nitrogen and oxygen atoms in total. The van der Waals surface area contributed by atoms with Crippen molar-refractivity contribution < 1.29 is 9.84 Å². The first-order valence-electron chi connectivity index (χ1n) is 5.93. The predicted molar refractivity (Wildman–Crippen MR) is 69.4 cm³/mol. The molecular formula is C14H24O2. The van der Waals surface area contributed by atoms with Gasteiger partial charge in [0, 0.05) is 0 Å². The maximum atomic E-state index is 9.14. The number of hydrogen-bond acceptors (Lipinski definition) is 2. The summed E-state index contributed by atoms with van der Waals surface area (Å²) in [6, 6.07) is 0. The molecule has 0 rings (SSSR count). The second-order valence-electron chi connectivity index (χ2n) is 3.95. The Kier molecular flexibility index (Phi) is 8.41. The zero-order valence-corrected chi connectivity index (χ0v) is 10.6. The van der Waals surface area contributed by atoms with E-state index in [0.717, 1.165) is 18.4 Å². The maximum Gasteiger partial charge on any atom is 0.115 e. The first-order valence-corrected chi connectivity index (χ1v) is 5.93. The molecule has 0 saturated heterocycles. The number of methoxy groups -OCH3 is 1. The van der Waals surface area contributed by atoms with Crippen LogP contribution in [0.4, 0.5) is 0 Å². The molecule has 0 aliphatic carbocycles. The number of hydrogen-bond donors (Lipinski definition) is 1. The fourth-order valence-electron chi connectivity index (χ4n) is 1.54. The van der Waals surface area contributed by atoms with Gasteiger partial charge in [-0.15, -0.1) is 0 Å². The first-order chi connectivity index (χ1) is 7.61. The Morgan fingerprint density at radius 2 is 1.81 bits per heavy atom. The van der Waals surface area contributed by atoms with Gasteiger partial charge in [-0.05, 0) is 24.5 Å². The van der Waals surface area contributed by atoms with E-state index in [0.29, 0.717) is 5.76 Å². The molecule has 2 heteroatoms. The van der Waals surface area contributed by atoms with Crippen molar-refractivity contribution in [2.24, 2.45) is 0 Å². The lowest BCUT2D eigenvalue weighted by molar-refractivity contribution is 0.299. The summed E-state index contributed by atoms with van der Waals surface area (Å²) in [5.74, 6) is 0.674. The van der Waals surface area contributed by atoms with E-state index in [1.54, 1.807) is 13.2 Å². The third-order valence-electron chi connectivity index (χ3n) is 2.50. The lowest BCUT2D eigenvalue weighted by Crippen LogP contribution is -1.93. The molecule has 0 radical (unpaired) electrons. The van der Waals surface area contributed by atoms with Gasteiger partial charge in [-0.3, -0.25) is 0 Å². The topological polar surface area (TPSA) is 29.5 Å². The Hall–Kier alpha value is -1.18. The number of ether oxygens (including phenoxy) is 1. The van der Waals surface area contributed by atoms with E-state index in [1.807, 2.05) is 0 Å². The van der Waals surface area contributed by atoms with Crippen molar-refractivity contribution in [3.8, 4) is 0 Å². The van der Waals surface area contributed by atoms with Crippen molar-refractivity contribution in [3.63, 3.8) is 0 Å². The van der Waals surface area contributed by atoms with Gasteiger partial charge in [-0.1, -0.05) is 45.8 Å². The van der Waals surface area contributed by atoms with E-state index in [9.17, 15) is 0 Å². The smallest absolute Gasteiger partial charge is 0.115 e. The Bertz CT molecular complexity index is 251. The van der Waals surface area contributed by atoms with Crippen LogP contribution >= 0.6 is 0 Å².